The number of benzene rings is 3. The van der Waals surface area contributed by atoms with Crippen LogP contribution in [-0.2, 0) is 12.6 Å². The van der Waals surface area contributed by atoms with Crippen LogP contribution in [0.3, 0.4) is 0 Å². The minimum Gasteiger partial charge on any atom is -0.449 e. The van der Waals surface area contributed by atoms with Crippen molar-refractivity contribution in [3.8, 4) is 17.2 Å². The van der Waals surface area contributed by atoms with Gasteiger partial charge < -0.3 is 13.9 Å². The van der Waals surface area contributed by atoms with Crippen LogP contribution in [0.25, 0.3) is 11.0 Å². The Bertz CT molecular complexity index is 1770. The molecule has 4 aromatic rings. The summed E-state index contributed by atoms with van der Waals surface area (Å²) in [5.74, 6) is -4.83. The maximum absolute atomic E-state index is 13.9. The van der Waals surface area contributed by atoms with E-state index in [1.165, 1.54) is 36.4 Å². The Balaban J connectivity index is 1.46. The highest BCUT2D eigenvalue weighted by molar-refractivity contribution is 6.22. The van der Waals surface area contributed by atoms with Crippen molar-refractivity contribution < 1.29 is 41.4 Å². The number of ether oxygens (including phenoxy) is 2. The second-order valence-electron chi connectivity index (χ2n) is 9.57. The Hall–Kier alpha value is -4.93. The van der Waals surface area contributed by atoms with Gasteiger partial charge in [0, 0.05) is 12.1 Å². The molecule has 0 saturated heterocycles. The molecule has 2 heterocycles. The average molecular weight is 566 g/mol. The lowest BCUT2D eigenvalue weighted by atomic mass is 10.1. The van der Waals surface area contributed by atoms with E-state index in [4.69, 9.17) is 13.9 Å². The highest BCUT2D eigenvalue weighted by Crippen LogP contribution is 2.39. The minimum atomic E-state index is -5.07. The molecule has 11 heteroatoms. The summed E-state index contributed by atoms with van der Waals surface area (Å²) in [5, 5.41) is -0.228. The molecule has 1 aromatic heterocycles. The molecule has 3 aromatic carbocycles. The van der Waals surface area contributed by atoms with Gasteiger partial charge in [-0.15, -0.1) is 0 Å². The van der Waals surface area contributed by atoms with Crippen LogP contribution in [0.5, 0.6) is 17.2 Å². The molecule has 5 rings (SSSR count). The van der Waals surface area contributed by atoms with Crippen molar-refractivity contribution in [2.45, 2.75) is 39.4 Å². The van der Waals surface area contributed by atoms with E-state index in [1.807, 2.05) is 6.92 Å². The normalized spacial score (nSPS) is 13.2. The summed E-state index contributed by atoms with van der Waals surface area (Å²) in [5.41, 5.74) is -0.499. The van der Waals surface area contributed by atoms with Crippen LogP contribution in [-0.4, -0.2) is 28.7 Å². The van der Waals surface area contributed by atoms with Crippen molar-refractivity contribution in [3.63, 3.8) is 0 Å². The Kier molecular flexibility index (Phi) is 6.90. The van der Waals surface area contributed by atoms with Gasteiger partial charge in [0.2, 0.25) is 11.2 Å². The number of carbonyl (C=O) groups excluding carboxylic acids is 3. The Morgan fingerprint density at radius 3 is 2.20 bits per heavy atom. The quantitative estimate of drug-likeness (QED) is 0.152. The van der Waals surface area contributed by atoms with Gasteiger partial charge in [-0.1, -0.05) is 19.1 Å². The molecule has 0 aliphatic carbocycles. The number of alkyl halides is 3. The van der Waals surface area contributed by atoms with Crippen LogP contribution < -0.4 is 14.9 Å². The van der Waals surface area contributed by atoms with Crippen LogP contribution in [0.4, 0.5) is 13.2 Å². The summed E-state index contributed by atoms with van der Waals surface area (Å²) < 4.78 is 57.4. The molecule has 41 heavy (non-hydrogen) atoms. The van der Waals surface area contributed by atoms with Gasteiger partial charge in [0.1, 0.15) is 17.1 Å². The molecular weight excluding hydrogens is 543 g/mol. The van der Waals surface area contributed by atoms with Gasteiger partial charge in [-0.3, -0.25) is 19.3 Å². The molecule has 0 N–H and O–H groups in total. The third-order valence-corrected chi connectivity index (χ3v) is 6.51. The summed E-state index contributed by atoms with van der Waals surface area (Å²) in [6.45, 7) is 5.27. The molecule has 0 unspecified atom stereocenters. The highest BCUT2D eigenvalue weighted by atomic mass is 19.4. The van der Waals surface area contributed by atoms with E-state index in [2.05, 4.69) is 0 Å². The number of hydrogen-bond acceptors (Lipinski definition) is 7. The Morgan fingerprint density at radius 1 is 0.902 bits per heavy atom. The number of fused-ring (bicyclic) bond motifs is 2. The van der Waals surface area contributed by atoms with Gasteiger partial charge in [0.05, 0.1) is 22.1 Å². The number of hydrogen-bond donors (Lipinski definition) is 0. The maximum Gasteiger partial charge on any atom is 0.453 e. The predicted molar refractivity (Wildman–Crippen MR) is 140 cm³/mol. The van der Waals surface area contributed by atoms with E-state index in [1.54, 1.807) is 26.0 Å². The Labute approximate surface area is 230 Å². The van der Waals surface area contributed by atoms with Gasteiger partial charge in [-0.2, -0.15) is 13.2 Å². The van der Waals surface area contributed by atoms with Crippen molar-refractivity contribution in [1.82, 2.24) is 4.90 Å². The number of rotatable bonds is 6. The van der Waals surface area contributed by atoms with E-state index in [9.17, 15) is 32.3 Å². The van der Waals surface area contributed by atoms with Gasteiger partial charge in [0.25, 0.3) is 17.6 Å². The zero-order chi connectivity index (χ0) is 29.6. The van der Waals surface area contributed by atoms with E-state index in [0.717, 1.165) is 22.6 Å². The van der Waals surface area contributed by atoms with Crippen LogP contribution >= 0.6 is 0 Å². The lowest BCUT2D eigenvalue weighted by Gasteiger charge is -2.17. The van der Waals surface area contributed by atoms with Crippen LogP contribution in [0.1, 0.15) is 63.2 Å². The third-order valence-electron chi connectivity index (χ3n) is 6.51. The first-order valence-electron chi connectivity index (χ1n) is 12.6. The van der Waals surface area contributed by atoms with Gasteiger partial charge >= 0.3 is 12.1 Å². The second kappa shape index (κ2) is 10.2. The van der Waals surface area contributed by atoms with Crippen molar-refractivity contribution in [1.29, 1.82) is 0 Å². The minimum absolute atomic E-state index is 0.0240. The van der Waals surface area contributed by atoms with Gasteiger partial charge in [-0.25, -0.2) is 4.79 Å². The van der Waals surface area contributed by atoms with Crippen LogP contribution in [0.2, 0.25) is 0 Å². The number of aryl methyl sites for hydroxylation is 1. The highest BCUT2D eigenvalue weighted by Gasteiger charge is 2.41. The van der Waals surface area contributed by atoms with Gasteiger partial charge in [-0.05, 0) is 68.3 Å². The number of nitrogens with zero attached hydrogens (tertiary/aromatic N) is 1. The summed E-state index contributed by atoms with van der Waals surface area (Å²) in [6, 6.07) is 13.1. The molecule has 0 atom stereocenters. The van der Waals surface area contributed by atoms with E-state index < -0.39 is 46.5 Å². The first kappa shape index (κ1) is 27.6. The monoisotopic (exact) mass is 565 g/mol. The van der Waals surface area contributed by atoms with Crippen molar-refractivity contribution in [2.75, 3.05) is 0 Å². The van der Waals surface area contributed by atoms with Crippen molar-refractivity contribution >= 4 is 28.8 Å². The molecule has 2 amide bonds. The van der Waals surface area contributed by atoms with E-state index >= 15 is 0 Å². The summed E-state index contributed by atoms with van der Waals surface area (Å²) >= 11 is 0. The van der Waals surface area contributed by atoms with Crippen molar-refractivity contribution in [2.24, 2.45) is 0 Å². The van der Waals surface area contributed by atoms with Crippen molar-refractivity contribution in [3.05, 3.63) is 98.9 Å². The molecule has 0 saturated carbocycles. The third kappa shape index (κ3) is 5.06. The summed E-state index contributed by atoms with van der Waals surface area (Å²) in [7, 11) is 0. The fourth-order valence-electron chi connectivity index (χ4n) is 4.43. The average Bonchev–Trinajstić information content (AvgIpc) is 3.18. The zero-order valence-corrected chi connectivity index (χ0v) is 22.0. The van der Waals surface area contributed by atoms with Crippen LogP contribution in [0.15, 0.2) is 69.9 Å². The smallest absolute Gasteiger partial charge is 0.449 e. The fraction of sp³-hybridized carbons (Fsp3) is 0.200. The van der Waals surface area contributed by atoms with Gasteiger partial charge in [0.15, 0.2) is 0 Å². The molecule has 1 aliphatic rings. The molecule has 0 bridgehead atoms. The first-order chi connectivity index (χ1) is 19.4. The molecule has 0 spiro atoms. The Morgan fingerprint density at radius 2 is 1.56 bits per heavy atom. The number of halogens is 3. The molecule has 0 radical (unpaired) electrons. The van der Waals surface area contributed by atoms with E-state index in [-0.39, 0.29) is 39.6 Å². The summed E-state index contributed by atoms with van der Waals surface area (Å²) in [6.07, 6.45) is -4.36. The molecule has 210 valence electrons. The SMILES string of the molecule is CCc1ccc(Oc2c(C(F)(F)F)oc3cc(OC(=O)c4ccc5c(c4)C(=O)N(C(C)C)C5=O)ccc3c2=O)cc1. The topological polar surface area (TPSA) is 103 Å². The number of carbonyl (C=O) groups is 3. The number of imide groups is 1. The largest absolute Gasteiger partial charge is 0.453 e. The lowest BCUT2D eigenvalue weighted by molar-refractivity contribution is -0.154. The predicted octanol–water partition coefficient (Wildman–Crippen LogP) is 6.39. The maximum atomic E-state index is 13.9. The fourth-order valence-corrected chi connectivity index (χ4v) is 4.43. The first-order valence-corrected chi connectivity index (χ1v) is 12.6. The molecule has 8 nitrogen and oxygen atoms in total. The summed E-state index contributed by atoms with van der Waals surface area (Å²) in [4.78, 5) is 52.1. The second-order valence-corrected chi connectivity index (χ2v) is 9.57. The molecule has 0 fully saturated rings. The van der Waals surface area contributed by atoms with E-state index in [0.29, 0.717) is 6.42 Å². The number of amides is 2. The molecular formula is C30H22F3NO7. The molecule has 1 aliphatic heterocycles. The van der Waals surface area contributed by atoms with Crippen LogP contribution in [0, 0.1) is 0 Å². The number of esters is 1. The lowest BCUT2D eigenvalue weighted by Crippen LogP contribution is -2.35. The zero-order valence-electron chi connectivity index (χ0n) is 22.0. The standard InChI is InChI=1S/C30H22F3NO7/c1-4-16-5-8-18(9-6-16)39-25-24(35)21-12-10-19(14-23(21)41-26(25)30(31,32)33)40-29(38)17-7-11-20-22(13-17)28(37)34(15(2)3)27(20)36/h5-15H,4H2,1-3H3.